The van der Waals surface area contributed by atoms with E-state index < -0.39 is 0 Å². The normalized spacial score (nSPS) is 15.8. The number of likely N-dealkylation sites (tertiary alicyclic amines) is 1. The second-order valence-electron chi connectivity index (χ2n) is 5.44. The van der Waals surface area contributed by atoms with Crippen molar-refractivity contribution in [2.75, 3.05) is 43.9 Å². The van der Waals surface area contributed by atoms with Crippen LogP contribution < -0.4 is 10.6 Å². The highest BCUT2D eigenvalue weighted by molar-refractivity contribution is 5.91. The van der Waals surface area contributed by atoms with Gasteiger partial charge in [-0.15, -0.1) is 0 Å². The third-order valence-corrected chi connectivity index (χ3v) is 3.95. The molecule has 3 rings (SSSR count). The zero-order chi connectivity index (χ0) is 13.9. The van der Waals surface area contributed by atoms with Gasteiger partial charge in [0.15, 0.2) is 0 Å². The molecule has 106 valence electrons. The van der Waals surface area contributed by atoms with Crippen molar-refractivity contribution in [2.24, 2.45) is 0 Å². The Labute approximate surface area is 119 Å². The molecule has 1 fully saturated rings. The highest BCUT2D eigenvalue weighted by atomic mass is 15.2. The Morgan fingerprint density at radius 2 is 2.05 bits per heavy atom. The molecule has 1 aromatic heterocycles. The molecule has 1 aliphatic heterocycles. The van der Waals surface area contributed by atoms with Crippen molar-refractivity contribution < 1.29 is 0 Å². The van der Waals surface area contributed by atoms with Crippen molar-refractivity contribution in [3.8, 4) is 0 Å². The Morgan fingerprint density at radius 3 is 2.85 bits per heavy atom. The summed E-state index contributed by atoms with van der Waals surface area (Å²) in [7, 11) is 2.09. The fourth-order valence-corrected chi connectivity index (χ4v) is 2.77. The Bertz CT molecular complexity index is 592. The molecule has 0 aliphatic carbocycles. The van der Waals surface area contributed by atoms with Gasteiger partial charge in [0.25, 0.3) is 0 Å². The summed E-state index contributed by atoms with van der Waals surface area (Å²) in [6.07, 6.45) is 4.28. The first-order chi connectivity index (χ1) is 9.74. The lowest BCUT2D eigenvalue weighted by molar-refractivity contribution is 0.346. The van der Waals surface area contributed by atoms with Gasteiger partial charge in [-0.3, -0.25) is 0 Å². The molecule has 0 atom stereocenters. The first-order valence-corrected chi connectivity index (χ1v) is 7.18. The minimum absolute atomic E-state index is 0.738. The van der Waals surface area contributed by atoms with Crippen molar-refractivity contribution >= 4 is 22.4 Å². The third-order valence-electron chi connectivity index (χ3n) is 3.95. The van der Waals surface area contributed by atoms with Crippen molar-refractivity contribution in [1.29, 1.82) is 0 Å². The van der Waals surface area contributed by atoms with Crippen LogP contribution in [-0.4, -0.2) is 48.1 Å². The molecule has 2 aromatic rings. The van der Waals surface area contributed by atoms with Crippen LogP contribution >= 0.6 is 0 Å². The average molecular weight is 271 g/mol. The molecular weight excluding hydrogens is 250 g/mol. The summed E-state index contributed by atoms with van der Waals surface area (Å²) < 4.78 is 0. The van der Waals surface area contributed by atoms with Crippen molar-refractivity contribution in [3.05, 3.63) is 24.5 Å². The van der Waals surface area contributed by atoms with E-state index in [2.05, 4.69) is 26.8 Å². The lowest BCUT2D eigenvalue weighted by Crippen LogP contribution is -2.31. The minimum Gasteiger partial charge on any atom is -0.399 e. The predicted molar refractivity (Wildman–Crippen MR) is 82.9 cm³/mol. The van der Waals surface area contributed by atoms with Crippen molar-refractivity contribution in [2.45, 2.75) is 12.8 Å². The molecular formula is C15H21N5. The Morgan fingerprint density at radius 1 is 1.25 bits per heavy atom. The molecule has 5 heteroatoms. The number of anilines is 2. The summed E-state index contributed by atoms with van der Waals surface area (Å²) in [6.45, 7) is 4.54. The van der Waals surface area contributed by atoms with Gasteiger partial charge in [0, 0.05) is 31.2 Å². The van der Waals surface area contributed by atoms with Crippen LogP contribution in [0.15, 0.2) is 24.5 Å². The fraction of sp³-hybridized carbons (Fsp3) is 0.467. The van der Waals surface area contributed by atoms with Crippen LogP contribution in [0, 0.1) is 0 Å². The number of hydrogen-bond donors (Lipinski definition) is 1. The minimum atomic E-state index is 0.738. The first kappa shape index (κ1) is 13.1. The number of aromatic nitrogens is 2. The predicted octanol–water partition coefficient (Wildman–Crippen LogP) is 1.74. The topological polar surface area (TPSA) is 58.3 Å². The molecule has 0 saturated carbocycles. The van der Waals surface area contributed by atoms with E-state index >= 15 is 0 Å². The number of likely N-dealkylation sites (N-methyl/N-ethyl adjacent to an activating group) is 1. The molecule has 2 heterocycles. The highest BCUT2D eigenvalue weighted by Gasteiger charge is 2.13. The summed E-state index contributed by atoms with van der Waals surface area (Å²) in [5.41, 5.74) is 7.45. The highest BCUT2D eigenvalue weighted by Crippen LogP contribution is 2.23. The first-order valence-electron chi connectivity index (χ1n) is 7.18. The maximum atomic E-state index is 5.81. The lowest BCUT2D eigenvalue weighted by Gasteiger charge is -2.23. The number of nitrogen functional groups attached to an aromatic ring is 1. The largest absolute Gasteiger partial charge is 0.399 e. The average Bonchev–Trinajstić information content (AvgIpc) is 2.97. The van der Waals surface area contributed by atoms with Gasteiger partial charge in [0.1, 0.15) is 12.1 Å². The molecule has 1 aliphatic rings. The van der Waals surface area contributed by atoms with Gasteiger partial charge >= 0.3 is 0 Å². The smallest absolute Gasteiger partial charge is 0.139 e. The molecule has 5 nitrogen and oxygen atoms in total. The number of hydrogen-bond acceptors (Lipinski definition) is 5. The SMILES string of the molecule is CN(CCN1CCCC1)c1ncnc2cc(N)ccc12. The number of fused-ring (bicyclic) bond motifs is 1. The van der Waals surface area contributed by atoms with E-state index in [1.54, 1.807) is 6.33 Å². The van der Waals surface area contributed by atoms with E-state index in [1.807, 2.05) is 18.2 Å². The maximum Gasteiger partial charge on any atom is 0.139 e. The van der Waals surface area contributed by atoms with E-state index in [0.29, 0.717) is 0 Å². The van der Waals surface area contributed by atoms with Gasteiger partial charge < -0.3 is 15.5 Å². The Kier molecular flexibility index (Phi) is 3.69. The molecule has 0 unspecified atom stereocenters. The molecule has 0 bridgehead atoms. The summed E-state index contributed by atoms with van der Waals surface area (Å²) in [5, 5.41) is 1.06. The summed E-state index contributed by atoms with van der Waals surface area (Å²) in [5.74, 6) is 0.981. The molecule has 1 aromatic carbocycles. The van der Waals surface area contributed by atoms with Gasteiger partial charge in [-0.05, 0) is 44.1 Å². The maximum absolute atomic E-state index is 5.81. The van der Waals surface area contributed by atoms with Crippen LogP contribution in [0.5, 0.6) is 0 Å². The Hall–Kier alpha value is -1.88. The van der Waals surface area contributed by atoms with E-state index in [4.69, 9.17) is 5.73 Å². The molecule has 1 saturated heterocycles. The van der Waals surface area contributed by atoms with Gasteiger partial charge in [0.05, 0.1) is 5.52 Å². The van der Waals surface area contributed by atoms with Gasteiger partial charge in [-0.25, -0.2) is 9.97 Å². The van der Waals surface area contributed by atoms with E-state index in [0.717, 1.165) is 35.5 Å². The van der Waals surface area contributed by atoms with Crippen LogP contribution in [0.25, 0.3) is 10.9 Å². The van der Waals surface area contributed by atoms with E-state index in [9.17, 15) is 0 Å². The molecule has 0 amide bonds. The number of nitrogens with two attached hydrogens (primary N) is 1. The second kappa shape index (κ2) is 5.63. The molecule has 2 N–H and O–H groups in total. The van der Waals surface area contributed by atoms with Gasteiger partial charge in [-0.1, -0.05) is 0 Å². The van der Waals surface area contributed by atoms with E-state index in [-0.39, 0.29) is 0 Å². The lowest BCUT2D eigenvalue weighted by atomic mass is 10.2. The number of rotatable bonds is 4. The van der Waals surface area contributed by atoms with Crippen LogP contribution in [-0.2, 0) is 0 Å². The van der Waals surface area contributed by atoms with Crippen LogP contribution in [0.2, 0.25) is 0 Å². The standard InChI is InChI=1S/C15H21N5/c1-19(8-9-20-6-2-3-7-20)15-13-5-4-12(16)10-14(13)17-11-18-15/h4-5,10-11H,2-3,6-9,16H2,1H3. The zero-order valence-electron chi connectivity index (χ0n) is 11.9. The van der Waals surface area contributed by atoms with Gasteiger partial charge in [0.2, 0.25) is 0 Å². The van der Waals surface area contributed by atoms with Crippen molar-refractivity contribution in [1.82, 2.24) is 14.9 Å². The van der Waals surface area contributed by atoms with Gasteiger partial charge in [-0.2, -0.15) is 0 Å². The summed E-state index contributed by atoms with van der Waals surface area (Å²) in [4.78, 5) is 13.5. The second-order valence-corrected chi connectivity index (χ2v) is 5.44. The number of benzene rings is 1. The molecule has 0 spiro atoms. The van der Waals surface area contributed by atoms with Crippen LogP contribution in [0.1, 0.15) is 12.8 Å². The van der Waals surface area contributed by atoms with Crippen LogP contribution in [0.4, 0.5) is 11.5 Å². The monoisotopic (exact) mass is 271 g/mol. The quantitative estimate of drug-likeness (QED) is 0.858. The van der Waals surface area contributed by atoms with E-state index in [1.165, 1.54) is 25.9 Å². The summed E-state index contributed by atoms with van der Waals surface area (Å²) >= 11 is 0. The fourth-order valence-electron chi connectivity index (χ4n) is 2.77. The zero-order valence-corrected chi connectivity index (χ0v) is 11.9. The summed E-state index contributed by atoms with van der Waals surface area (Å²) in [6, 6.07) is 5.81. The van der Waals surface area contributed by atoms with Crippen LogP contribution in [0.3, 0.4) is 0 Å². The number of nitrogens with zero attached hydrogens (tertiary/aromatic N) is 4. The van der Waals surface area contributed by atoms with Crippen molar-refractivity contribution in [3.63, 3.8) is 0 Å². The molecule has 0 radical (unpaired) electrons. The molecule has 20 heavy (non-hydrogen) atoms. The third kappa shape index (κ3) is 2.67. The Balaban J connectivity index is 1.78.